The Hall–Kier alpha value is -2.19. The molecule has 0 fully saturated rings. The van der Waals surface area contributed by atoms with E-state index in [0.717, 1.165) is 18.7 Å². The van der Waals surface area contributed by atoms with Crippen molar-refractivity contribution in [1.82, 2.24) is 9.88 Å². The Morgan fingerprint density at radius 3 is 2.48 bits per heavy atom. The van der Waals surface area contributed by atoms with Crippen molar-refractivity contribution in [3.8, 4) is 0 Å². The van der Waals surface area contributed by atoms with E-state index in [1.54, 1.807) is 0 Å². The van der Waals surface area contributed by atoms with Crippen LogP contribution in [-0.2, 0) is 0 Å². The first-order valence-corrected chi connectivity index (χ1v) is 7.32. The minimum Gasteiger partial charge on any atom is -0.309 e. The van der Waals surface area contributed by atoms with Crippen molar-refractivity contribution in [3.63, 3.8) is 0 Å². The summed E-state index contributed by atoms with van der Waals surface area (Å²) in [5.74, 6) is 0. The maximum absolute atomic E-state index is 4.40. The van der Waals surface area contributed by atoms with Gasteiger partial charge in [0, 0.05) is 12.7 Å². The van der Waals surface area contributed by atoms with Gasteiger partial charge in [0.1, 0.15) is 0 Å². The minimum atomic E-state index is 1.01. The quantitative estimate of drug-likeness (QED) is 0.840. The first kappa shape index (κ1) is 13.8. The lowest BCUT2D eigenvalue weighted by molar-refractivity contribution is 0.419. The molecule has 2 nitrogen and oxygen atoms in total. The van der Waals surface area contributed by atoms with Crippen molar-refractivity contribution in [2.75, 3.05) is 20.6 Å². The second-order valence-corrected chi connectivity index (χ2v) is 5.62. The van der Waals surface area contributed by atoms with Crippen LogP contribution in [0, 0.1) is 0 Å². The number of benzene rings is 1. The van der Waals surface area contributed by atoms with Gasteiger partial charge in [-0.05, 0) is 61.0 Å². The molecule has 0 unspecified atom stereocenters. The zero-order valence-corrected chi connectivity index (χ0v) is 12.6. The molecule has 0 radical (unpaired) electrons. The molecule has 0 saturated heterocycles. The third-order valence-electron chi connectivity index (χ3n) is 3.73. The van der Waals surface area contributed by atoms with Gasteiger partial charge in [0.25, 0.3) is 0 Å². The largest absolute Gasteiger partial charge is 0.309 e. The van der Waals surface area contributed by atoms with Crippen molar-refractivity contribution < 1.29 is 0 Å². The predicted octanol–water partition coefficient (Wildman–Crippen LogP) is 3.97. The van der Waals surface area contributed by atoms with E-state index >= 15 is 0 Å². The van der Waals surface area contributed by atoms with Gasteiger partial charge < -0.3 is 4.90 Å². The van der Waals surface area contributed by atoms with Crippen LogP contribution in [0.4, 0.5) is 0 Å². The first-order chi connectivity index (χ1) is 10.2. The molecule has 0 aliphatic heterocycles. The van der Waals surface area contributed by atoms with Gasteiger partial charge in [-0.25, -0.2) is 0 Å². The van der Waals surface area contributed by atoms with E-state index in [1.807, 2.05) is 24.4 Å². The fraction of sp³-hybridized carbons (Fsp3) is 0.211. The molecule has 0 N–H and O–H groups in total. The summed E-state index contributed by atoms with van der Waals surface area (Å²) in [6, 6.07) is 14.7. The third kappa shape index (κ3) is 3.11. The number of hydrogen-bond donors (Lipinski definition) is 0. The number of hydrogen-bond acceptors (Lipinski definition) is 2. The van der Waals surface area contributed by atoms with Crippen molar-refractivity contribution in [2.24, 2.45) is 0 Å². The van der Waals surface area contributed by atoms with E-state index < -0.39 is 0 Å². The van der Waals surface area contributed by atoms with Crippen molar-refractivity contribution in [2.45, 2.75) is 6.42 Å². The summed E-state index contributed by atoms with van der Waals surface area (Å²) in [6.07, 6.45) is 7.39. The second kappa shape index (κ2) is 6.06. The fourth-order valence-electron chi connectivity index (χ4n) is 2.65. The van der Waals surface area contributed by atoms with Gasteiger partial charge in [-0.15, -0.1) is 0 Å². The Morgan fingerprint density at radius 1 is 1.00 bits per heavy atom. The van der Waals surface area contributed by atoms with Crippen LogP contribution >= 0.6 is 0 Å². The molecule has 1 aromatic heterocycles. The highest BCUT2D eigenvalue weighted by molar-refractivity contribution is 6.01. The molecule has 1 aliphatic rings. The van der Waals surface area contributed by atoms with Crippen LogP contribution in [-0.4, -0.2) is 30.5 Å². The lowest BCUT2D eigenvalue weighted by atomic mass is 10.0. The molecule has 0 amide bonds. The molecule has 0 atom stereocenters. The monoisotopic (exact) mass is 276 g/mol. The highest BCUT2D eigenvalue weighted by Crippen LogP contribution is 2.37. The molecule has 0 spiro atoms. The summed E-state index contributed by atoms with van der Waals surface area (Å²) in [6.45, 7) is 1.07. The Kier molecular flexibility index (Phi) is 3.98. The maximum atomic E-state index is 4.40. The smallest absolute Gasteiger partial charge is 0.0635 e. The van der Waals surface area contributed by atoms with Gasteiger partial charge in [0.05, 0.1) is 5.69 Å². The number of nitrogens with zero attached hydrogens (tertiary/aromatic N) is 2. The summed E-state index contributed by atoms with van der Waals surface area (Å²) in [4.78, 5) is 6.63. The molecule has 2 aromatic rings. The van der Waals surface area contributed by atoms with E-state index in [0.29, 0.717) is 0 Å². The normalized spacial score (nSPS) is 15.4. The van der Waals surface area contributed by atoms with Gasteiger partial charge in [-0.1, -0.05) is 36.4 Å². The Bertz CT molecular complexity index is 682. The van der Waals surface area contributed by atoms with Crippen LogP contribution in [0.15, 0.2) is 54.7 Å². The summed E-state index contributed by atoms with van der Waals surface area (Å²) >= 11 is 0. The van der Waals surface area contributed by atoms with Gasteiger partial charge >= 0.3 is 0 Å². The fourth-order valence-corrected chi connectivity index (χ4v) is 2.65. The van der Waals surface area contributed by atoms with Gasteiger partial charge in [0.2, 0.25) is 0 Å². The molecule has 21 heavy (non-hydrogen) atoms. The van der Waals surface area contributed by atoms with Crippen molar-refractivity contribution in [3.05, 3.63) is 71.6 Å². The van der Waals surface area contributed by atoms with Gasteiger partial charge in [-0.2, -0.15) is 0 Å². The SMILES string of the molecule is CN(C)CCC1=C/C(=C\c2ccccn2)c2ccccc21. The molecule has 0 saturated carbocycles. The molecule has 1 aromatic carbocycles. The minimum absolute atomic E-state index is 1.01. The predicted molar refractivity (Wildman–Crippen MR) is 89.7 cm³/mol. The zero-order chi connectivity index (χ0) is 14.7. The van der Waals surface area contributed by atoms with Crippen LogP contribution < -0.4 is 0 Å². The standard InChI is InChI=1S/C19H20N2/c1-21(2)12-10-15-13-16(14-17-7-5-6-11-20-17)19-9-4-3-8-18(15)19/h3-9,11,13-14H,10,12H2,1-2H3/b16-14+. The summed E-state index contributed by atoms with van der Waals surface area (Å²) < 4.78 is 0. The van der Waals surface area contributed by atoms with E-state index in [1.165, 1.54) is 22.3 Å². The number of aromatic nitrogens is 1. The number of rotatable bonds is 4. The molecule has 3 rings (SSSR count). The Balaban J connectivity index is 1.96. The summed E-state index contributed by atoms with van der Waals surface area (Å²) in [7, 11) is 4.23. The summed E-state index contributed by atoms with van der Waals surface area (Å²) in [5.41, 5.74) is 6.37. The average molecular weight is 276 g/mol. The number of pyridine rings is 1. The molecule has 0 bridgehead atoms. The topological polar surface area (TPSA) is 16.1 Å². The molecular weight excluding hydrogens is 256 g/mol. The Labute approximate surface area is 126 Å². The lowest BCUT2D eigenvalue weighted by Crippen LogP contribution is -2.13. The van der Waals surface area contributed by atoms with Crippen molar-refractivity contribution >= 4 is 17.2 Å². The van der Waals surface area contributed by atoms with Gasteiger partial charge in [0.15, 0.2) is 0 Å². The van der Waals surface area contributed by atoms with E-state index in [-0.39, 0.29) is 0 Å². The first-order valence-electron chi connectivity index (χ1n) is 7.32. The second-order valence-electron chi connectivity index (χ2n) is 5.62. The molecule has 1 aliphatic carbocycles. The molecule has 106 valence electrons. The van der Waals surface area contributed by atoms with E-state index in [9.17, 15) is 0 Å². The zero-order valence-electron chi connectivity index (χ0n) is 12.6. The lowest BCUT2D eigenvalue weighted by Gasteiger charge is -2.10. The van der Waals surface area contributed by atoms with Crippen LogP contribution in [0.5, 0.6) is 0 Å². The number of fused-ring (bicyclic) bond motifs is 1. The molecule has 2 heteroatoms. The van der Waals surface area contributed by atoms with Crippen LogP contribution in [0.2, 0.25) is 0 Å². The number of allylic oxidation sites excluding steroid dienone is 2. The third-order valence-corrected chi connectivity index (χ3v) is 3.73. The van der Waals surface area contributed by atoms with Gasteiger partial charge in [-0.3, -0.25) is 4.98 Å². The van der Waals surface area contributed by atoms with Crippen molar-refractivity contribution in [1.29, 1.82) is 0 Å². The highest BCUT2D eigenvalue weighted by Gasteiger charge is 2.17. The molecular formula is C19H20N2. The van der Waals surface area contributed by atoms with E-state index in [2.05, 4.69) is 60.4 Å². The van der Waals surface area contributed by atoms with Crippen LogP contribution in [0.3, 0.4) is 0 Å². The van der Waals surface area contributed by atoms with E-state index in [4.69, 9.17) is 0 Å². The summed E-state index contributed by atoms with van der Waals surface area (Å²) in [5, 5.41) is 0. The molecule has 1 heterocycles. The Morgan fingerprint density at radius 2 is 1.76 bits per heavy atom. The highest BCUT2D eigenvalue weighted by atomic mass is 15.0. The van der Waals surface area contributed by atoms with Crippen LogP contribution in [0.25, 0.3) is 17.2 Å². The maximum Gasteiger partial charge on any atom is 0.0635 e. The average Bonchev–Trinajstić information content (AvgIpc) is 2.85. The van der Waals surface area contributed by atoms with Crippen LogP contribution in [0.1, 0.15) is 23.2 Å².